The molecule has 3 N–H and O–H groups in total. The van der Waals surface area contributed by atoms with E-state index in [9.17, 15) is 20.3 Å². The van der Waals surface area contributed by atoms with Crippen LogP contribution < -0.4 is 5.32 Å². The summed E-state index contributed by atoms with van der Waals surface area (Å²) in [5.74, 6) is 0.250. The van der Waals surface area contributed by atoms with Gasteiger partial charge in [0.25, 0.3) is 5.91 Å². The van der Waals surface area contributed by atoms with Gasteiger partial charge in [0.05, 0.1) is 0 Å². The van der Waals surface area contributed by atoms with E-state index >= 15 is 0 Å². The fourth-order valence-electron chi connectivity index (χ4n) is 2.94. The Bertz CT molecular complexity index is 1110. The van der Waals surface area contributed by atoms with Crippen LogP contribution in [0.2, 0.25) is 0 Å². The summed E-state index contributed by atoms with van der Waals surface area (Å²) in [6.45, 7) is 0.306. The van der Waals surface area contributed by atoms with Crippen molar-refractivity contribution in [3.8, 4) is 17.6 Å². The predicted octanol–water partition coefficient (Wildman–Crippen LogP) is 4.75. The van der Waals surface area contributed by atoms with E-state index in [0.29, 0.717) is 23.4 Å². The normalized spacial score (nSPS) is 11.0. The zero-order valence-electron chi connectivity index (χ0n) is 16.8. The van der Waals surface area contributed by atoms with Crippen LogP contribution in [0.25, 0.3) is 6.08 Å². The van der Waals surface area contributed by atoms with Crippen LogP contribution in [-0.4, -0.2) is 16.1 Å². The average molecular weight is 431 g/mol. The molecule has 6 heteroatoms. The van der Waals surface area contributed by atoms with Crippen LogP contribution in [0, 0.1) is 11.3 Å². The minimum Gasteiger partial charge on any atom is -0.504 e. The van der Waals surface area contributed by atoms with Crippen LogP contribution in [0.3, 0.4) is 0 Å². The van der Waals surface area contributed by atoms with E-state index in [4.69, 9.17) is 0 Å². The standard InChI is InChI=1S/C25H22N2O3S/c26-14-21(25(30)27-15-18-7-3-1-4-8-18)11-20-12-22(24(29)23(28)13-20)17-31-16-19-9-5-2-6-10-19/h1-13,28-29H,15-17H2,(H,27,30)/b21-11-. The molecule has 0 radical (unpaired) electrons. The Hall–Kier alpha value is -3.69. The van der Waals surface area contributed by atoms with Crippen molar-refractivity contribution in [2.45, 2.75) is 18.1 Å². The zero-order valence-corrected chi connectivity index (χ0v) is 17.6. The van der Waals surface area contributed by atoms with E-state index in [-0.39, 0.29) is 17.1 Å². The molecular weight excluding hydrogens is 408 g/mol. The van der Waals surface area contributed by atoms with Crippen molar-refractivity contribution >= 4 is 23.7 Å². The molecule has 0 aliphatic rings. The topological polar surface area (TPSA) is 93.3 Å². The number of nitrogens with zero attached hydrogens (tertiary/aromatic N) is 1. The average Bonchev–Trinajstić information content (AvgIpc) is 2.80. The van der Waals surface area contributed by atoms with Crippen molar-refractivity contribution < 1.29 is 15.0 Å². The maximum atomic E-state index is 12.4. The maximum absolute atomic E-state index is 12.4. The molecule has 0 unspecified atom stereocenters. The summed E-state index contributed by atoms with van der Waals surface area (Å²) in [5.41, 5.74) is 3.01. The first-order chi connectivity index (χ1) is 15.1. The predicted molar refractivity (Wildman–Crippen MR) is 123 cm³/mol. The van der Waals surface area contributed by atoms with Crippen LogP contribution in [0.4, 0.5) is 0 Å². The Morgan fingerprint density at radius 2 is 1.61 bits per heavy atom. The number of phenolic OH excluding ortho intramolecular Hbond substituents is 2. The van der Waals surface area contributed by atoms with Gasteiger partial charge in [0, 0.05) is 23.6 Å². The molecule has 0 fully saturated rings. The van der Waals surface area contributed by atoms with Gasteiger partial charge in [-0.15, -0.1) is 0 Å². The molecule has 156 valence electrons. The first-order valence-electron chi connectivity index (χ1n) is 9.67. The van der Waals surface area contributed by atoms with E-state index in [1.165, 1.54) is 12.1 Å². The smallest absolute Gasteiger partial charge is 0.262 e. The summed E-state index contributed by atoms with van der Waals surface area (Å²) in [5, 5.41) is 32.4. The number of thioether (sulfide) groups is 1. The lowest BCUT2D eigenvalue weighted by molar-refractivity contribution is -0.117. The highest BCUT2D eigenvalue weighted by molar-refractivity contribution is 7.97. The number of carbonyl (C=O) groups excluding carboxylic acids is 1. The molecule has 5 nitrogen and oxygen atoms in total. The fraction of sp³-hybridized carbons (Fsp3) is 0.120. The van der Waals surface area contributed by atoms with E-state index in [2.05, 4.69) is 5.32 Å². The fourth-order valence-corrected chi connectivity index (χ4v) is 3.91. The van der Waals surface area contributed by atoms with Gasteiger partial charge in [0.15, 0.2) is 11.5 Å². The second-order valence-corrected chi connectivity index (χ2v) is 7.85. The summed E-state index contributed by atoms with van der Waals surface area (Å²) in [6, 6.07) is 24.3. The minimum atomic E-state index is -0.501. The minimum absolute atomic E-state index is 0.0797. The number of amides is 1. The monoisotopic (exact) mass is 430 g/mol. The van der Waals surface area contributed by atoms with Crippen LogP contribution in [0.5, 0.6) is 11.5 Å². The van der Waals surface area contributed by atoms with E-state index in [0.717, 1.165) is 16.9 Å². The first-order valence-corrected chi connectivity index (χ1v) is 10.8. The second kappa shape index (κ2) is 10.9. The molecule has 0 bridgehead atoms. The SMILES string of the molecule is N#C/C(=C/c1cc(O)c(O)c(CSCc2ccccc2)c1)C(=O)NCc1ccccc1. The molecule has 0 spiro atoms. The molecule has 0 heterocycles. The Morgan fingerprint density at radius 1 is 0.968 bits per heavy atom. The molecule has 0 atom stereocenters. The van der Waals surface area contributed by atoms with Gasteiger partial charge >= 0.3 is 0 Å². The lowest BCUT2D eigenvalue weighted by Gasteiger charge is -2.09. The van der Waals surface area contributed by atoms with E-state index in [1.54, 1.807) is 17.8 Å². The highest BCUT2D eigenvalue weighted by atomic mass is 32.2. The van der Waals surface area contributed by atoms with Crippen molar-refractivity contribution in [2.24, 2.45) is 0 Å². The van der Waals surface area contributed by atoms with E-state index in [1.807, 2.05) is 66.7 Å². The Balaban J connectivity index is 1.70. The quantitative estimate of drug-likeness (QED) is 0.272. The van der Waals surface area contributed by atoms with Crippen LogP contribution in [0.1, 0.15) is 22.3 Å². The van der Waals surface area contributed by atoms with Gasteiger partial charge in [-0.1, -0.05) is 60.7 Å². The Morgan fingerprint density at radius 3 is 2.26 bits per heavy atom. The largest absolute Gasteiger partial charge is 0.504 e. The zero-order chi connectivity index (χ0) is 22.1. The summed E-state index contributed by atoms with van der Waals surface area (Å²) < 4.78 is 0. The number of carbonyl (C=O) groups is 1. The number of benzene rings is 3. The van der Waals surface area contributed by atoms with Crippen molar-refractivity contribution in [1.82, 2.24) is 5.32 Å². The van der Waals surface area contributed by atoms with Crippen LogP contribution in [-0.2, 0) is 22.8 Å². The first kappa shape index (κ1) is 22.0. The van der Waals surface area contributed by atoms with Crippen molar-refractivity contribution in [3.63, 3.8) is 0 Å². The molecule has 1 amide bonds. The Kier molecular flexibility index (Phi) is 7.74. The molecule has 31 heavy (non-hydrogen) atoms. The third kappa shape index (κ3) is 6.39. The number of rotatable bonds is 8. The molecule has 3 aromatic rings. The summed E-state index contributed by atoms with van der Waals surface area (Å²) in [4.78, 5) is 12.4. The summed E-state index contributed by atoms with van der Waals surface area (Å²) in [7, 11) is 0. The van der Waals surface area contributed by atoms with Gasteiger partial charge in [-0.25, -0.2) is 0 Å². The van der Waals surface area contributed by atoms with Crippen molar-refractivity contribution in [1.29, 1.82) is 5.26 Å². The van der Waals surface area contributed by atoms with E-state index < -0.39 is 5.91 Å². The molecule has 0 saturated heterocycles. The number of nitriles is 1. The molecule has 3 rings (SSSR count). The number of hydrogen-bond donors (Lipinski definition) is 3. The number of phenols is 2. The lowest BCUT2D eigenvalue weighted by atomic mass is 10.1. The molecule has 0 aliphatic heterocycles. The number of nitrogens with one attached hydrogen (secondary N) is 1. The molecule has 0 saturated carbocycles. The van der Waals surface area contributed by atoms with Gasteiger partial charge in [0.2, 0.25) is 0 Å². The molecule has 3 aromatic carbocycles. The third-order valence-corrected chi connectivity index (χ3v) is 5.58. The van der Waals surface area contributed by atoms with Gasteiger partial charge in [-0.3, -0.25) is 4.79 Å². The molecular formula is C25H22N2O3S. The second-order valence-electron chi connectivity index (χ2n) is 6.86. The summed E-state index contributed by atoms with van der Waals surface area (Å²) in [6.07, 6.45) is 1.41. The highest BCUT2D eigenvalue weighted by Gasteiger charge is 2.12. The van der Waals surface area contributed by atoms with Crippen LogP contribution in [0.15, 0.2) is 78.4 Å². The summed E-state index contributed by atoms with van der Waals surface area (Å²) >= 11 is 1.59. The van der Waals surface area contributed by atoms with Crippen LogP contribution >= 0.6 is 11.8 Å². The maximum Gasteiger partial charge on any atom is 0.262 e. The Labute approximate surface area is 185 Å². The molecule has 0 aliphatic carbocycles. The van der Waals surface area contributed by atoms with Crippen molar-refractivity contribution in [3.05, 3.63) is 101 Å². The van der Waals surface area contributed by atoms with Gasteiger partial charge in [0.1, 0.15) is 11.6 Å². The van der Waals surface area contributed by atoms with Gasteiger partial charge in [-0.05, 0) is 34.9 Å². The van der Waals surface area contributed by atoms with Crippen molar-refractivity contribution in [2.75, 3.05) is 0 Å². The highest BCUT2D eigenvalue weighted by Crippen LogP contribution is 2.34. The lowest BCUT2D eigenvalue weighted by Crippen LogP contribution is -2.23. The number of hydrogen-bond acceptors (Lipinski definition) is 5. The van der Waals surface area contributed by atoms with Gasteiger partial charge in [-0.2, -0.15) is 17.0 Å². The number of aromatic hydroxyl groups is 2. The molecule has 0 aromatic heterocycles. The van der Waals surface area contributed by atoms with Gasteiger partial charge < -0.3 is 15.5 Å². The third-order valence-electron chi connectivity index (χ3n) is 4.53.